The fraction of sp³-hybridized carbons (Fsp3) is 0.611. The summed E-state index contributed by atoms with van der Waals surface area (Å²) < 4.78 is 0. The molecule has 1 fully saturated rings. The van der Waals surface area contributed by atoms with Crippen molar-refractivity contribution in [1.29, 1.82) is 0 Å². The van der Waals surface area contributed by atoms with Gasteiger partial charge in [0, 0.05) is 6.54 Å². The molecule has 0 aliphatic carbocycles. The minimum atomic E-state index is 0. The Hall–Kier alpha value is -0.820. The Kier molecular flexibility index (Phi) is 10.3. The number of guanidine groups is 1. The number of nitrogens with zero attached hydrogens (tertiary/aromatic N) is 2. The Bertz CT molecular complexity index is 442. The number of likely N-dealkylation sites (tertiary alicyclic amines) is 1. The molecule has 1 heterocycles. The molecule has 4 nitrogen and oxygen atoms in total. The van der Waals surface area contributed by atoms with Crippen molar-refractivity contribution in [3.63, 3.8) is 0 Å². The van der Waals surface area contributed by atoms with Crippen molar-refractivity contribution in [2.24, 2.45) is 16.6 Å². The zero-order valence-electron chi connectivity index (χ0n) is 14.2. The average molecular weight is 430 g/mol. The topological polar surface area (TPSA) is 53.6 Å². The predicted molar refractivity (Wildman–Crippen MR) is 109 cm³/mol. The van der Waals surface area contributed by atoms with Crippen LogP contribution in [0.15, 0.2) is 35.3 Å². The van der Waals surface area contributed by atoms with Crippen molar-refractivity contribution in [2.75, 3.05) is 26.2 Å². The van der Waals surface area contributed by atoms with Gasteiger partial charge in [0.1, 0.15) is 0 Å². The fourth-order valence-corrected chi connectivity index (χ4v) is 2.78. The van der Waals surface area contributed by atoms with Crippen molar-refractivity contribution >= 4 is 29.9 Å². The lowest BCUT2D eigenvalue weighted by Gasteiger charge is -2.30. The number of benzene rings is 1. The molecule has 0 saturated carbocycles. The summed E-state index contributed by atoms with van der Waals surface area (Å²) >= 11 is 0. The van der Waals surface area contributed by atoms with E-state index in [4.69, 9.17) is 5.73 Å². The van der Waals surface area contributed by atoms with Crippen LogP contribution in [0.5, 0.6) is 0 Å². The van der Waals surface area contributed by atoms with Crippen LogP contribution in [-0.4, -0.2) is 37.0 Å². The highest BCUT2D eigenvalue weighted by Gasteiger charge is 2.14. The molecule has 130 valence electrons. The van der Waals surface area contributed by atoms with Crippen LogP contribution in [-0.2, 0) is 6.54 Å². The number of unbranched alkanes of at least 4 members (excludes halogenated alkanes) is 1. The van der Waals surface area contributed by atoms with Gasteiger partial charge in [-0.2, -0.15) is 0 Å². The maximum Gasteiger partial charge on any atom is 0.188 e. The van der Waals surface area contributed by atoms with Crippen LogP contribution in [0.3, 0.4) is 0 Å². The van der Waals surface area contributed by atoms with E-state index in [0.29, 0.717) is 12.5 Å². The maximum absolute atomic E-state index is 5.89. The predicted octanol–water partition coefficient (Wildman–Crippen LogP) is 3.22. The zero-order valence-corrected chi connectivity index (χ0v) is 16.5. The maximum atomic E-state index is 5.89. The second kappa shape index (κ2) is 11.7. The first kappa shape index (κ1) is 20.2. The lowest BCUT2D eigenvalue weighted by atomic mass is 9.99. The van der Waals surface area contributed by atoms with E-state index in [0.717, 1.165) is 18.9 Å². The largest absolute Gasteiger partial charge is 0.370 e. The molecule has 3 N–H and O–H groups in total. The first-order chi connectivity index (χ1) is 10.7. The molecule has 1 aliphatic heterocycles. The molecular weight excluding hydrogens is 399 g/mol. The van der Waals surface area contributed by atoms with Crippen molar-refractivity contribution in [3.05, 3.63) is 35.9 Å². The van der Waals surface area contributed by atoms with Gasteiger partial charge in [0.25, 0.3) is 0 Å². The third-order valence-electron chi connectivity index (χ3n) is 4.36. The smallest absolute Gasteiger partial charge is 0.188 e. The van der Waals surface area contributed by atoms with E-state index in [1.54, 1.807) is 0 Å². The van der Waals surface area contributed by atoms with Crippen LogP contribution in [0.4, 0.5) is 0 Å². The number of hydrogen-bond acceptors (Lipinski definition) is 2. The first-order valence-electron chi connectivity index (χ1n) is 8.54. The summed E-state index contributed by atoms with van der Waals surface area (Å²) in [5.41, 5.74) is 7.08. The van der Waals surface area contributed by atoms with Crippen LogP contribution in [0, 0.1) is 5.92 Å². The number of rotatable bonds is 7. The van der Waals surface area contributed by atoms with Crippen molar-refractivity contribution in [3.8, 4) is 0 Å². The van der Waals surface area contributed by atoms with Gasteiger partial charge in [0.2, 0.25) is 0 Å². The molecule has 0 amide bonds. The number of piperidine rings is 1. The van der Waals surface area contributed by atoms with Crippen molar-refractivity contribution in [2.45, 2.75) is 39.2 Å². The Morgan fingerprint density at radius 1 is 1.22 bits per heavy atom. The third-order valence-corrected chi connectivity index (χ3v) is 4.36. The molecular formula is C18H31IN4. The summed E-state index contributed by atoms with van der Waals surface area (Å²) in [5.74, 6) is 1.47. The number of hydrogen-bond donors (Lipinski definition) is 2. The lowest BCUT2D eigenvalue weighted by Crippen LogP contribution is -2.35. The van der Waals surface area contributed by atoms with Crippen LogP contribution in [0.2, 0.25) is 0 Å². The molecule has 23 heavy (non-hydrogen) atoms. The van der Waals surface area contributed by atoms with Gasteiger partial charge in [-0.3, -0.25) is 0 Å². The molecule has 0 radical (unpaired) electrons. The zero-order chi connectivity index (χ0) is 15.6. The van der Waals surface area contributed by atoms with E-state index in [1.807, 2.05) is 18.2 Å². The molecule has 0 bridgehead atoms. The molecule has 1 aliphatic rings. The van der Waals surface area contributed by atoms with E-state index >= 15 is 0 Å². The van der Waals surface area contributed by atoms with Gasteiger partial charge in [-0.15, -0.1) is 24.0 Å². The van der Waals surface area contributed by atoms with Gasteiger partial charge in [-0.25, -0.2) is 4.99 Å². The van der Waals surface area contributed by atoms with Gasteiger partial charge in [0.15, 0.2) is 5.96 Å². The quantitative estimate of drug-likeness (QED) is 0.302. The van der Waals surface area contributed by atoms with Crippen LogP contribution in [0.1, 0.15) is 38.2 Å². The highest BCUT2D eigenvalue weighted by molar-refractivity contribution is 14.0. The minimum Gasteiger partial charge on any atom is -0.370 e. The van der Waals surface area contributed by atoms with Crippen LogP contribution >= 0.6 is 24.0 Å². The standard InChI is InChI=1S/C18H30N4.HI/c1-16-9-13-22(14-10-16)12-6-5-11-20-18(19)21-15-17-7-3-2-4-8-17;/h2-4,7-8,16H,5-6,9-15H2,1H3,(H3,19,20,21);1H. The van der Waals surface area contributed by atoms with E-state index in [2.05, 4.69) is 34.3 Å². The Labute approximate surface area is 157 Å². The van der Waals surface area contributed by atoms with Gasteiger partial charge >= 0.3 is 0 Å². The number of aliphatic imine (C=N–C) groups is 1. The average Bonchev–Trinajstić information content (AvgIpc) is 2.55. The number of halogens is 1. The molecule has 0 aromatic heterocycles. The highest BCUT2D eigenvalue weighted by atomic mass is 127. The molecule has 1 saturated heterocycles. The van der Waals surface area contributed by atoms with Gasteiger partial charge in [0.05, 0.1) is 6.54 Å². The fourth-order valence-electron chi connectivity index (χ4n) is 2.78. The molecule has 2 rings (SSSR count). The lowest BCUT2D eigenvalue weighted by molar-refractivity contribution is 0.189. The second-order valence-electron chi connectivity index (χ2n) is 6.35. The van der Waals surface area contributed by atoms with E-state index in [9.17, 15) is 0 Å². The molecule has 0 unspecified atom stereocenters. The summed E-state index contributed by atoms with van der Waals surface area (Å²) in [4.78, 5) is 6.95. The first-order valence-corrected chi connectivity index (χ1v) is 8.54. The Morgan fingerprint density at radius 2 is 1.91 bits per heavy atom. The molecule has 0 atom stereocenters. The second-order valence-corrected chi connectivity index (χ2v) is 6.35. The van der Waals surface area contributed by atoms with Crippen LogP contribution < -0.4 is 11.1 Å². The van der Waals surface area contributed by atoms with Gasteiger partial charge in [-0.05, 0) is 56.8 Å². The van der Waals surface area contributed by atoms with E-state index in [1.165, 1.54) is 44.5 Å². The molecule has 5 heteroatoms. The summed E-state index contributed by atoms with van der Waals surface area (Å²) in [7, 11) is 0. The van der Waals surface area contributed by atoms with Gasteiger partial charge < -0.3 is 16.0 Å². The summed E-state index contributed by atoms with van der Waals surface area (Å²) in [6.07, 6.45) is 5.09. The Morgan fingerprint density at radius 3 is 2.61 bits per heavy atom. The molecule has 1 aromatic rings. The SMILES string of the molecule is CC1CCN(CCCCNC(N)=NCc2ccccc2)CC1.I. The van der Waals surface area contributed by atoms with Gasteiger partial charge in [-0.1, -0.05) is 37.3 Å². The summed E-state index contributed by atoms with van der Waals surface area (Å²) in [6.45, 7) is 7.68. The summed E-state index contributed by atoms with van der Waals surface area (Å²) in [6, 6.07) is 10.2. The van der Waals surface area contributed by atoms with Crippen molar-refractivity contribution < 1.29 is 0 Å². The monoisotopic (exact) mass is 430 g/mol. The van der Waals surface area contributed by atoms with Crippen molar-refractivity contribution in [1.82, 2.24) is 10.2 Å². The number of nitrogens with one attached hydrogen (secondary N) is 1. The van der Waals surface area contributed by atoms with E-state index < -0.39 is 0 Å². The third kappa shape index (κ3) is 8.55. The molecule has 0 spiro atoms. The van der Waals surface area contributed by atoms with E-state index in [-0.39, 0.29) is 24.0 Å². The molecule has 1 aromatic carbocycles. The summed E-state index contributed by atoms with van der Waals surface area (Å²) in [5, 5.41) is 3.21. The highest BCUT2D eigenvalue weighted by Crippen LogP contribution is 2.15. The van der Waals surface area contributed by atoms with Crippen LogP contribution in [0.25, 0.3) is 0 Å². The minimum absolute atomic E-state index is 0. The Balaban J connectivity index is 0.00000264. The normalized spacial score (nSPS) is 16.8. The number of nitrogens with two attached hydrogens (primary N) is 1.